The average molecular weight is 462 g/mol. The molecule has 0 saturated heterocycles. The first kappa shape index (κ1) is 24.1. The molecule has 5 nitrogen and oxygen atoms in total. The van der Waals surface area contributed by atoms with Gasteiger partial charge in [0.25, 0.3) is 11.8 Å². The maximum absolute atomic E-state index is 13.6. The van der Waals surface area contributed by atoms with Gasteiger partial charge in [-0.25, -0.2) is 4.39 Å². The number of hydrogen-bond donors (Lipinski definition) is 1. The lowest BCUT2D eigenvalue weighted by atomic mass is 9.69. The van der Waals surface area contributed by atoms with Crippen LogP contribution in [0.15, 0.2) is 53.5 Å². The Kier molecular flexibility index (Phi) is 6.61. The standard InChI is InChI=1S/C28H32FN3O2/c1-5-30-25(33)21-8-6-19(7-9-21)18-32-26(34)24(20-10-12-23(29)13-11-20)31-28(32)16-14-22(15-17-28)27(2,3)4/h1,6-13,22H,5,14-18H2,2-4H3,(H,30,33). The van der Waals surface area contributed by atoms with Gasteiger partial charge in [0.1, 0.15) is 17.2 Å². The zero-order valence-electron chi connectivity index (χ0n) is 20.1. The Morgan fingerprint density at radius 1 is 1.12 bits per heavy atom. The van der Waals surface area contributed by atoms with Gasteiger partial charge in [-0.2, -0.15) is 0 Å². The highest BCUT2D eigenvalue weighted by atomic mass is 19.1. The van der Waals surface area contributed by atoms with Gasteiger partial charge in [-0.3, -0.25) is 14.6 Å². The predicted molar refractivity (Wildman–Crippen MR) is 131 cm³/mol. The van der Waals surface area contributed by atoms with Crippen LogP contribution in [0.2, 0.25) is 0 Å². The van der Waals surface area contributed by atoms with E-state index in [9.17, 15) is 14.0 Å². The van der Waals surface area contributed by atoms with E-state index in [2.05, 4.69) is 26.1 Å². The van der Waals surface area contributed by atoms with Gasteiger partial charge in [0, 0.05) is 24.2 Å². The molecular formula is C28H32FN3O2. The van der Waals surface area contributed by atoms with Crippen molar-refractivity contribution >= 4 is 17.5 Å². The molecule has 2 aromatic carbocycles. The van der Waals surface area contributed by atoms with Crippen molar-refractivity contribution in [3.05, 3.63) is 78.0 Å². The van der Waals surface area contributed by atoms with Crippen molar-refractivity contribution in [2.24, 2.45) is 16.3 Å². The summed E-state index contributed by atoms with van der Waals surface area (Å²) in [6, 6.07) is 13.2. The molecule has 1 aliphatic carbocycles. The van der Waals surface area contributed by atoms with Crippen molar-refractivity contribution in [1.82, 2.24) is 10.2 Å². The van der Waals surface area contributed by atoms with Crippen LogP contribution in [0.4, 0.5) is 4.39 Å². The minimum atomic E-state index is -0.599. The fourth-order valence-electron chi connectivity index (χ4n) is 5.11. The number of benzene rings is 2. The van der Waals surface area contributed by atoms with Gasteiger partial charge in [-0.05, 0) is 85.9 Å². The number of rotatable bonds is 5. The van der Waals surface area contributed by atoms with Crippen molar-refractivity contribution in [2.45, 2.75) is 58.7 Å². The summed E-state index contributed by atoms with van der Waals surface area (Å²) in [5, 5.41) is 2.58. The first-order chi connectivity index (χ1) is 16.1. The lowest BCUT2D eigenvalue weighted by Crippen LogP contribution is -2.49. The van der Waals surface area contributed by atoms with Crippen molar-refractivity contribution < 1.29 is 14.0 Å². The zero-order valence-corrected chi connectivity index (χ0v) is 20.1. The molecule has 1 aliphatic heterocycles. The minimum absolute atomic E-state index is 0.0739. The molecule has 0 atom stereocenters. The monoisotopic (exact) mass is 461 g/mol. The summed E-state index contributed by atoms with van der Waals surface area (Å²) in [5.74, 6) is -0.137. The van der Waals surface area contributed by atoms with Gasteiger partial charge in [-0.15, -0.1) is 0 Å². The predicted octanol–water partition coefficient (Wildman–Crippen LogP) is 5.03. The highest BCUT2D eigenvalue weighted by molar-refractivity contribution is 6.46. The lowest BCUT2D eigenvalue weighted by Gasteiger charge is -2.44. The molecule has 2 radical (unpaired) electrons. The average Bonchev–Trinajstić information content (AvgIpc) is 3.06. The van der Waals surface area contributed by atoms with Gasteiger partial charge in [0.15, 0.2) is 0 Å². The van der Waals surface area contributed by atoms with Crippen LogP contribution in [0, 0.1) is 24.1 Å². The second-order valence-electron chi connectivity index (χ2n) is 10.4. The summed E-state index contributed by atoms with van der Waals surface area (Å²) < 4.78 is 13.5. The number of carbonyl (C=O) groups is 2. The summed E-state index contributed by atoms with van der Waals surface area (Å²) in [6.45, 7) is 12.7. The van der Waals surface area contributed by atoms with E-state index in [1.165, 1.54) is 12.1 Å². The third-order valence-corrected chi connectivity index (χ3v) is 7.22. The highest BCUT2D eigenvalue weighted by Gasteiger charge is 2.50. The molecule has 0 aromatic heterocycles. The van der Waals surface area contributed by atoms with E-state index in [0.29, 0.717) is 29.3 Å². The van der Waals surface area contributed by atoms with Crippen LogP contribution < -0.4 is 5.32 Å². The molecule has 34 heavy (non-hydrogen) atoms. The maximum Gasteiger partial charge on any atom is 0.274 e. The number of nitrogens with one attached hydrogen (secondary N) is 1. The van der Waals surface area contributed by atoms with Crippen LogP contribution in [0.3, 0.4) is 0 Å². The van der Waals surface area contributed by atoms with E-state index in [-0.39, 0.29) is 29.6 Å². The van der Waals surface area contributed by atoms with Crippen LogP contribution in [-0.2, 0) is 11.3 Å². The third-order valence-electron chi connectivity index (χ3n) is 7.22. The Balaban J connectivity index is 1.62. The molecule has 1 saturated carbocycles. The number of hydrogen-bond acceptors (Lipinski definition) is 3. The molecule has 1 fully saturated rings. The number of carbonyl (C=O) groups excluding carboxylic acids is 2. The molecule has 0 unspecified atom stereocenters. The second kappa shape index (κ2) is 9.32. The van der Waals surface area contributed by atoms with Crippen molar-refractivity contribution in [2.75, 3.05) is 6.54 Å². The summed E-state index contributed by atoms with van der Waals surface area (Å²) in [5.41, 5.74) is 2.08. The maximum atomic E-state index is 13.6. The number of halogens is 1. The molecule has 6 heteroatoms. The molecule has 1 spiro atoms. The summed E-state index contributed by atoms with van der Waals surface area (Å²) in [6.07, 6.45) is 3.57. The third kappa shape index (κ3) is 4.77. The van der Waals surface area contributed by atoms with E-state index in [0.717, 1.165) is 31.2 Å². The Labute approximate surface area is 201 Å². The van der Waals surface area contributed by atoms with Crippen LogP contribution in [0.5, 0.6) is 0 Å². The smallest absolute Gasteiger partial charge is 0.274 e. The van der Waals surface area contributed by atoms with Crippen molar-refractivity contribution in [1.29, 1.82) is 0 Å². The van der Waals surface area contributed by atoms with Gasteiger partial charge in [0.2, 0.25) is 0 Å². The molecule has 1 heterocycles. The number of aliphatic imine (C=N–C) groups is 1. The van der Waals surface area contributed by atoms with Crippen LogP contribution in [0.25, 0.3) is 0 Å². The largest absolute Gasteiger partial charge is 0.352 e. The van der Waals surface area contributed by atoms with Crippen molar-refractivity contribution in [3.63, 3.8) is 0 Å². The van der Waals surface area contributed by atoms with E-state index in [1.54, 1.807) is 24.3 Å². The van der Waals surface area contributed by atoms with E-state index < -0.39 is 5.66 Å². The fraction of sp³-hybridized carbons (Fsp3) is 0.429. The van der Waals surface area contributed by atoms with Gasteiger partial charge in [-0.1, -0.05) is 32.9 Å². The van der Waals surface area contributed by atoms with Crippen LogP contribution in [0.1, 0.15) is 67.9 Å². The first-order valence-corrected chi connectivity index (χ1v) is 11.9. The number of amides is 2. The van der Waals surface area contributed by atoms with E-state index in [1.807, 2.05) is 17.0 Å². The molecule has 1 N–H and O–H groups in total. The topological polar surface area (TPSA) is 61.8 Å². The Hall–Kier alpha value is -3.02. The summed E-state index contributed by atoms with van der Waals surface area (Å²) in [4.78, 5) is 32.6. The minimum Gasteiger partial charge on any atom is -0.352 e. The molecule has 2 amide bonds. The van der Waals surface area contributed by atoms with Gasteiger partial charge >= 0.3 is 0 Å². The molecule has 4 rings (SSSR count). The van der Waals surface area contributed by atoms with Crippen LogP contribution >= 0.6 is 0 Å². The molecule has 0 bridgehead atoms. The molecule has 2 aromatic rings. The Morgan fingerprint density at radius 3 is 2.29 bits per heavy atom. The summed E-state index contributed by atoms with van der Waals surface area (Å²) >= 11 is 0. The first-order valence-electron chi connectivity index (χ1n) is 11.9. The van der Waals surface area contributed by atoms with Gasteiger partial charge in [0.05, 0.1) is 0 Å². The fourth-order valence-corrected chi connectivity index (χ4v) is 5.11. The zero-order chi connectivity index (χ0) is 24.5. The van der Waals surface area contributed by atoms with Crippen LogP contribution in [-0.4, -0.2) is 34.6 Å². The quantitative estimate of drug-likeness (QED) is 0.679. The highest BCUT2D eigenvalue weighted by Crippen LogP contribution is 2.47. The van der Waals surface area contributed by atoms with Gasteiger partial charge < -0.3 is 10.2 Å². The van der Waals surface area contributed by atoms with Crippen molar-refractivity contribution in [3.8, 4) is 0 Å². The second-order valence-corrected chi connectivity index (χ2v) is 10.4. The van der Waals surface area contributed by atoms with E-state index in [4.69, 9.17) is 11.9 Å². The Bertz CT molecular complexity index is 1080. The SMILES string of the molecule is [CH]CNC(=O)c1ccc(CN2C(=O)C(c3ccc(F)cc3)=NC23CCC(C(C)(C)C)CC3)cc1. The normalized spacial score (nSPS) is 22.7. The molecular weight excluding hydrogens is 429 g/mol. The Morgan fingerprint density at radius 2 is 1.74 bits per heavy atom. The summed E-state index contributed by atoms with van der Waals surface area (Å²) in [7, 11) is 0. The molecule has 178 valence electrons. The molecule has 2 aliphatic rings. The number of nitrogens with zero attached hydrogens (tertiary/aromatic N) is 2. The lowest BCUT2D eigenvalue weighted by molar-refractivity contribution is -0.130. The van der Waals surface area contributed by atoms with E-state index >= 15 is 0 Å².